The summed E-state index contributed by atoms with van der Waals surface area (Å²) in [6, 6.07) is 0. The van der Waals surface area contributed by atoms with E-state index in [-0.39, 0.29) is 5.78 Å². The van der Waals surface area contributed by atoms with Crippen LogP contribution in [0.4, 0.5) is 0 Å². The molecule has 1 saturated carbocycles. The Labute approximate surface area is 79.7 Å². The number of ketones is 2. The largest absolute Gasteiger partial charge is 0.300 e. The van der Waals surface area contributed by atoms with Crippen LogP contribution in [0.15, 0.2) is 0 Å². The van der Waals surface area contributed by atoms with Crippen LogP contribution in [0.1, 0.15) is 46.0 Å². The van der Waals surface area contributed by atoms with Gasteiger partial charge in [0.05, 0.1) is 0 Å². The zero-order valence-corrected chi connectivity index (χ0v) is 8.51. The number of carbonyl (C=O) groups is 2. The van der Waals surface area contributed by atoms with E-state index >= 15 is 0 Å². The van der Waals surface area contributed by atoms with Gasteiger partial charge in [-0.25, -0.2) is 0 Å². The van der Waals surface area contributed by atoms with E-state index in [0.717, 1.165) is 19.3 Å². The molecule has 0 amide bonds. The van der Waals surface area contributed by atoms with Crippen LogP contribution in [-0.2, 0) is 9.59 Å². The summed E-state index contributed by atoms with van der Waals surface area (Å²) in [6.45, 7) is 3.81. The van der Waals surface area contributed by atoms with Crippen LogP contribution in [0.2, 0.25) is 0 Å². The number of rotatable bonds is 3. The molecule has 0 N–H and O–H groups in total. The molecule has 74 valence electrons. The molecule has 1 aliphatic carbocycles. The molecule has 1 aliphatic rings. The average Bonchev–Trinajstić information content (AvgIpc) is 2.06. The smallest absolute Gasteiger partial charge is 0.133 e. The number of hydrogen-bond acceptors (Lipinski definition) is 2. The molecule has 0 unspecified atom stereocenters. The highest BCUT2D eigenvalue weighted by atomic mass is 16.1. The predicted octanol–water partition coefficient (Wildman–Crippen LogP) is 2.36. The van der Waals surface area contributed by atoms with E-state index in [0.29, 0.717) is 30.5 Å². The van der Waals surface area contributed by atoms with E-state index in [1.807, 2.05) is 0 Å². The van der Waals surface area contributed by atoms with Gasteiger partial charge in [-0.1, -0.05) is 6.92 Å². The Morgan fingerprint density at radius 2 is 2.23 bits per heavy atom. The summed E-state index contributed by atoms with van der Waals surface area (Å²) in [6.07, 6.45) is 4.01. The van der Waals surface area contributed by atoms with E-state index in [9.17, 15) is 9.59 Å². The molecule has 1 rings (SSSR count). The van der Waals surface area contributed by atoms with Crippen LogP contribution in [0.5, 0.6) is 0 Å². The molecular weight excluding hydrogens is 164 g/mol. The van der Waals surface area contributed by atoms with E-state index in [1.54, 1.807) is 6.92 Å². The van der Waals surface area contributed by atoms with Crippen LogP contribution in [0, 0.1) is 11.8 Å². The molecule has 0 radical (unpaired) electrons. The molecule has 2 heteroatoms. The van der Waals surface area contributed by atoms with Gasteiger partial charge in [0.25, 0.3) is 0 Å². The standard InChI is InChI=1S/C11H18O2/c1-8-3-6-11(13)7-10(8)5-4-9(2)12/h8,10H,3-7H2,1-2H3/t8-,10+/m0/s1. The van der Waals surface area contributed by atoms with Gasteiger partial charge in [0.1, 0.15) is 11.6 Å². The molecule has 0 bridgehead atoms. The van der Waals surface area contributed by atoms with Gasteiger partial charge in [0, 0.05) is 19.3 Å². The van der Waals surface area contributed by atoms with Gasteiger partial charge in [-0.3, -0.25) is 4.79 Å². The summed E-state index contributed by atoms with van der Waals surface area (Å²) < 4.78 is 0. The molecular formula is C11H18O2. The third-order valence-electron chi connectivity index (χ3n) is 3.04. The fourth-order valence-electron chi connectivity index (χ4n) is 2.00. The van der Waals surface area contributed by atoms with Crippen molar-refractivity contribution in [2.75, 3.05) is 0 Å². The highest BCUT2D eigenvalue weighted by Crippen LogP contribution is 2.30. The third kappa shape index (κ3) is 3.29. The maximum absolute atomic E-state index is 11.2. The third-order valence-corrected chi connectivity index (χ3v) is 3.04. The van der Waals surface area contributed by atoms with Crippen LogP contribution in [0.3, 0.4) is 0 Å². The minimum atomic E-state index is 0.241. The minimum absolute atomic E-state index is 0.241. The average molecular weight is 182 g/mol. The summed E-state index contributed by atoms with van der Waals surface area (Å²) >= 11 is 0. The lowest BCUT2D eigenvalue weighted by atomic mass is 9.77. The number of carbonyl (C=O) groups excluding carboxylic acids is 2. The predicted molar refractivity (Wildman–Crippen MR) is 51.4 cm³/mol. The fourth-order valence-corrected chi connectivity index (χ4v) is 2.00. The van der Waals surface area contributed by atoms with Crippen molar-refractivity contribution in [3.8, 4) is 0 Å². The first-order valence-corrected chi connectivity index (χ1v) is 5.10. The Hall–Kier alpha value is -0.660. The van der Waals surface area contributed by atoms with Crippen molar-refractivity contribution in [1.82, 2.24) is 0 Å². The van der Waals surface area contributed by atoms with Crippen LogP contribution in [-0.4, -0.2) is 11.6 Å². The first kappa shape index (κ1) is 10.4. The van der Waals surface area contributed by atoms with Crippen LogP contribution >= 0.6 is 0 Å². The minimum Gasteiger partial charge on any atom is -0.300 e. The second kappa shape index (κ2) is 4.54. The molecule has 2 atom stereocenters. The van der Waals surface area contributed by atoms with Crippen LogP contribution < -0.4 is 0 Å². The first-order chi connectivity index (χ1) is 6.09. The molecule has 0 aromatic rings. The molecule has 0 saturated heterocycles. The molecule has 0 heterocycles. The summed E-state index contributed by atoms with van der Waals surface area (Å²) in [7, 11) is 0. The molecule has 1 fully saturated rings. The maximum Gasteiger partial charge on any atom is 0.133 e. The molecule has 0 aromatic carbocycles. The van der Waals surface area contributed by atoms with Gasteiger partial charge in [-0.05, 0) is 31.6 Å². The van der Waals surface area contributed by atoms with Gasteiger partial charge < -0.3 is 4.79 Å². The monoisotopic (exact) mass is 182 g/mol. The van der Waals surface area contributed by atoms with E-state index in [1.165, 1.54) is 0 Å². The Balaban J connectivity index is 2.37. The van der Waals surface area contributed by atoms with Crippen molar-refractivity contribution in [2.45, 2.75) is 46.0 Å². The molecule has 0 spiro atoms. The highest BCUT2D eigenvalue weighted by molar-refractivity contribution is 5.79. The molecule has 13 heavy (non-hydrogen) atoms. The SMILES string of the molecule is CC(=O)CC[C@@H]1CC(=O)CC[C@@H]1C. The van der Waals surface area contributed by atoms with Crippen molar-refractivity contribution in [3.05, 3.63) is 0 Å². The van der Waals surface area contributed by atoms with Gasteiger partial charge in [0.15, 0.2) is 0 Å². The Bertz CT molecular complexity index is 208. The number of Topliss-reactive ketones (excluding diaryl/α,β-unsaturated/α-hetero) is 2. The van der Waals surface area contributed by atoms with Gasteiger partial charge in [0.2, 0.25) is 0 Å². The van der Waals surface area contributed by atoms with Crippen LogP contribution in [0.25, 0.3) is 0 Å². The number of hydrogen-bond donors (Lipinski definition) is 0. The van der Waals surface area contributed by atoms with Gasteiger partial charge >= 0.3 is 0 Å². The molecule has 0 aliphatic heterocycles. The maximum atomic E-state index is 11.2. The zero-order chi connectivity index (χ0) is 9.84. The zero-order valence-electron chi connectivity index (χ0n) is 8.51. The Morgan fingerprint density at radius 1 is 1.54 bits per heavy atom. The lowest BCUT2D eigenvalue weighted by molar-refractivity contribution is -0.123. The summed E-state index contributed by atoms with van der Waals surface area (Å²) in [5, 5.41) is 0. The molecule has 2 nitrogen and oxygen atoms in total. The Morgan fingerprint density at radius 3 is 2.85 bits per heavy atom. The molecule has 0 aromatic heterocycles. The summed E-state index contributed by atoms with van der Waals surface area (Å²) in [5.41, 5.74) is 0. The fraction of sp³-hybridized carbons (Fsp3) is 0.818. The Kier molecular flexibility index (Phi) is 3.64. The van der Waals surface area contributed by atoms with E-state index in [2.05, 4.69) is 6.92 Å². The summed E-state index contributed by atoms with van der Waals surface area (Å²) in [5.74, 6) is 1.71. The van der Waals surface area contributed by atoms with Crippen molar-refractivity contribution in [3.63, 3.8) is 0 Å². The topological polar surface area (TPSA) is 34.1 Å². The van der Waals surface area contributed by atoms with E-state index in [4.69, 9.17) is 0 Å². The lowest BCUT2D eigenvalue weighted by Gasteiger charge is -2.27. The van der Waals surface area contributed by atoms with Crippen molar-refractivity contribution < 1.29 is 9.59 Å². The second-order valence-corrected chi connectivity index (χ2v) is 4.26. The quantitative estimate of drug-likeness (QED) is 0.671. The summed E-state index contributed by atoms with van der Waals surface area (Å²) in [4.78, 5) is 22.0. The van der Waals surface area contributed by atoms with Crippen molar-refractivity contribution in [1.29, 1.82) is 0 Å². The van der Waals surface area contributed by atoms with E-state index < -0.39 is 0 Å². The van der Waals surface area contributed by atoms with Crippen molar-refractivity contribution >= 4 is 11.6 Å². The lowest BCUT2D eigenvalue weighted by Crippen LogP contribution is -2.23. The first-order valence-electron chi connectivity index (χ1n) is 5.10. The normalized spacial score (nSPS) is 28.9. The second-order valence-electron chi connectivity index (χ2n) is 4.26. The van der Waals surface area contributed by atoms with Crippen molar-refractivity contribution in [2.24, 2.45) is 11.8 Å². The highest BCUT2D eigenvalue weighted by Gasteiger charge is 2.25. The van der Waals surface area contributed by atoms with Gasteiger partial charge in [-0.2, -0.15) is 0 Å². The van der Waals surface area contributed by atoms with Gasteiger partial charge in [-0.15, -0.1) is 0 Å².